The summed E-state index contributed by atoms with van der Waals surface area (Å²) >= 11 is 1.56. The predicted octanol–water partition coefficient (Wildman–Crippen LogP) is 3.92. The van der Waals surface area contributed by atoms with Crippen LogP contribution in [-0.4, -0.2) is 5.78 Å². The molecule has 0 N–H and O–H groups in total. The highest BCUT2D eigenvalue weighted by Crippen LogP contribution is 2.08. The van der Waals surface area contributed by atoms with Gasteiger partial charge >= 0.3 is 0 Å². The van der Waals surface area contributed by atoms with Gasteiger partial charge in [0, 0.05) is 10.9 Å². The summed E-state index contributed by atoms with van der Waals surface area (Å²) in [7, 11) is 0. The maximum atomic E-state index is 11.5. The van der Waals surface area contributed by atoms with E-state index in [0.29, 0.717) is 5.92 Å². The Morgan fingerprint density at radius 3 is 2.93 bits per heavy atom. The molecule has 1 nitrogen and oxygen atoms in total. The van der Waals surface area contributed by atoms with Crippen molar-refractivity contribution >= 4 is 17.1 Å². The summed E-state index contributed by atoms with van der Waals surface area (Å²) in [6, 6.07) is 1.86. The highest BCUT2D eigenvalue weighted by atomic mass is 32.1. The fourth-order valence-corrected chi connectivity index (χ4v) is 1.77. The van der Waals surface area contributed by atoms with E-state index in [1.165, 1.54) is 0 Å². The van der Waals surface area contributed by atoms with Gasteiger partial charge in [0.25, 0.3) is 0 Å². The lowest BCUT2D eigenvalue weighted by Crippen LogP contribution is -1.91. The molecule has 2 heteroatoms. The SMILES string of the molecule is CC(C)CC/C=C/C(=O)c1ccsc1. The highest BCUT2D eigenvalue weighted by Gasteiger charge is 2.00. The standard InChI is InChI=1S/C12H16OS/c1-10(2)5-3-4-6-12(13)11-7-8-14-9-11/h4,6-10H,3,5H2,1-2H3/b6-4+. The molecule has 1 aromatic rings. The van der Waals surface area contributed by atoms with Gasteiger partial charge in [0.2, 0.25) is 0 Å². The number of thiophene rings is 1. The Morgan fingerprint density at radius 2 is 2.36 bits per heavy atom. The second kappa shape index (κ2) is 5.76. The molecule has 0 saturated carbocycles. The number of hydrogen-bond donors (Lipinski definition) is 0. The minimum absolute atomic E-state index is 0.120. The van der Waals surface area contributed by atoms with Gasteiger partial charge < -0.3 is 0 Å². The normalized spacial score (nSPS) is 11.4. The summed E-state index contributed by atoms with van der Waals surface area (Å²) in [5.74, 6) is 0.825. The maximum Gasteiger partial charge on any atom is 0.186 e. The molecule has 0 bridgehead atoms. The summed E-state index contributed by atoms with van der Waals surface area (Å²) in [6.45, 7) is 4.38. The molecule has 0 aliphatic carbocycles. The van der Waals surface area contributed by atoms with E-state index in [9.17, 15) is 4.79 Å². The molecule has 14 heavy (non-hydrogen) atoms. The van der Waals surface area contributed by atoms with Crippen molar-refractivity contribution in [1.29, 1.82) is 0 Å². The van der Waals surface area contributed by atoms with E-state index in [2.05, 4.69) is 13.8 Å². The number of carbonyl (C=O) groups is 1. The van der Waals surface area contributed by atoms with Gasteiger partial charge in [-0.15, -0.1) is 0 Å². The molecule has 76 valence electrons. The fourth-order valence-electron chi connectivity index (χ4n) is 1.12. The van der Waals surface area contributed by atoms with Crippen LogP contribution in [0.5, 0.6) is 0 Å². The molecule has 0 saturated heterocycles. The van der Waals surface area contributed by atoms with Crippen LogP contribution in [-0.2, 0) is 0 Å². The quantitative estimate of drug-likeness (QED) is 0.529. The highest BCUT2D eigenvalue weighted by molar-refractivity contribution is 7.08. The Kier molecular flexibility index (Phi) is 4.60. The van der Waals surface area contributed by atoms with Crippen LogP contribution in [0.4, 0.5) is 0 Å². The molecule has 0 fully saturated rings. The minimum atomic E-state index is 0.120. The number of carbonyl (C=O) groups excluding carboxylic acids is 1. The van der Waals surface area contributed by atoms with Crippen LogP contribution in [0.2, 0.25) is 0 Å². The van der Waals surface area contributed by atoms with E-state index in [1.54, 1.807) is 17.4 Å². The molecule has 0 aliphatic rings. The van der Waals surface area contributed by atoms with Crippen LogP contribution in [0, 0.1) is 5.92 Å². The van der Waals surface area contributed by atoms with Gasteiger partial charge in [0.1, 0.15) is 0 Å². The summed E-state index contributed by atoms with van der Waals surface area (Å²) in [5.41, 5.74) is 0.802. The van der Waals surface area contributed by atoms with Gasteiger partial charge in [0.05, 0.1) is 0 Å². The van der Waals surface area contributed by atoms with E-state index in [-0.39, 0.29) is 5.78 Å². The topological polar surface area (TPSA) is 17.1 Å². The lowest BCUT2D eigenvalue weighted by molar-refractivity contribution is 0.104. The summed E-state index contributed by atoms with van der Waals surface area (Å²) in [4.78, 5) is 11.5. The first-order valence-corrected chi connectivity index (χ1v) is 5.87. The Bertz CT molecular complexity index is 296. The average molecular weight is 208 g/mol. The van der Waals surface area contributed by atoms with Crippen molar-refractivity contribution in [3.63, 3.8) is 0 Å². The number of ketones is 1. The molecule has 1 rings (SSSR count). The molecule has 0 radical (unpaired) electrons. The van der Waals surface area contributed by atoms with E-state index < -0.39 is 0 Å². The smallest absolute Gasteiger partial charge is 0.186 e. The zero-order chi connectivity index (χ0) is 10.4. The third-order valence-electron chi connectivity index (χ3n) is 1.99. The molecule has 0 atom stereocenters. The molecule has 0 amide bonds. The molecule has 0 aliphatic heterocycles. The largest absolute Gasteiger partial charge is 0.289 e. The zero-order valence-electron chi connectivity index (χ0n) is 8.69. The summed E-state index contributed by atoms with van der Waals surface area (Å²) < 4.78 is 0. The van der Waals surface area contributed by atoms with E-state index in [4.69, 9.17) is 0 Å². The maximum absolute atomic E-state index is 11.5. The molecule has 1 heterocycles. The van der Waals surface area contributed by atoms with E-state index >= 15 is 0 Å². The zero-order valence-corrected chi connectivity index (χ0v) is 9.51. The van der Waals surface area contributed by atoms with Crippen molar-refractivity contribution in [3.05, 3.63) is 34.5 Å². The molecular weight excluding hydrogens is 192 g/mol. The fraction of sp³-hybridized carbons (Fsp3) is 0.417. The van der Waals surface area contributed by atoms with Crippen LogP contribution >= 0.6 is 11.3 Å². The van der Waals surface area contributed by atoms with Crippen molar-refractivity contribution in [2.24, 2.45) is 5.92 Å². The molecule has 0 spiro atoms. The first kappa shape index (κ1) is 11.2. The van der Waals surface area contributed by atoms with Gasteiger partial charge in [-0.05, 0) is 36.3 Å². The second-order valence-corrected chi connectivity index (χ2v) is 4.53. The number of rotatable bonds is 5. The second-order valence-electron chi connectivity index (χ2n) is 3.75. The Hall–Kier alpha value is -0.890. The van der Waals surface area contributed by atoms with Crippen molar-refractivity contribution < 1.29 is 4.79 Å². The molecule has 0 unspecified atom stereocenters. The Labute approximate surface area is 89.5 Å². The molecule has 0 aromatic carbocycles. The monoisotopic (exact) mass is 208 g/mol. The van der Waals surface area contributed by atoms with Crippen molar-refractivity contribution in [2.45, 2.75) is 26.7 Å². The lowest BCUT2D eigenvalue weighted by Gasteiger charge is -1.98. The van der Waals surface area contributed by atoms with Gasteiger partial charge in [0.15, 0.2) is 5.78 Å². The van der Waals surface area contributed by atoms with Crippen LogP contribution in [0.3, 0.4) is 0 Å². The van der Waals surface area contributed by atoms with Gasteiger partial charge in [-0.1, -0.05) is 19.9 Å². The molecule has 1 aromatic heterocycles. The number of allylic oxidation sites excluding steroid dienone is 2. The van der Waals surface area contributed by atoms with Gasteiger partial charge in [-0.3, -0.25) is 4.79 Å². The van der Waals surface area contributed by atoms with Crippen LogP contribution in [0.15, 0.2) is 29.0 Å². The van der Waals surface area contributed by atoms with Gasteiger partial charge in [-0.25, -0.2) is 0 Å². The first-order chi connectivity index (χ1) is 6.70. The van der Waals surface area contributed by atoms with Crippen LogP contribution in [0.1, 0.15) is 37.0 Å². The van der Waals surface area contributed by atoms with Crippen LogP contribution in [0.25, 0.3) is 0 Å². The molecular formula is C12H16OS. The van der Waals surface area contributed by atoms with Crippen molar-refractivity contribution in [2.75, 3.05) is 0 Å². The Morgan fingerprint density at radius 1 is 1.57 bits per heavy atom. The van der Waals surface area contributed by atoms with E-state index in [1.807, 2.05) is 22.9 Å². The van der Waals surface area contributed by atoms with Crippen molar-refractivity contribution in [1.82, 2.24) is 0 Å². The lowest BCUT2D eigenvalue weighted by atomic mass is 10.1. The average Bonchev–Trinajstić information content (AvgIpc) is 2.64. The van der Waals surface area contributed by atoms with Crippen molar-refractivity contribution in [3.8, 4) is 0 Å². The summed E-state index contributed by atoms with van der Waals surface area (Å²) in [6.07, 6.45) is 5.80. The Balaban J connectivity index is 2.34. The van der Waals surface area contributed by atoms with Gasteiger partial charge in [-0.2, -0.15) is 11.3 Å². The van der Waals surface area contributed by atoms with E-state index in [0.717, 1.165) is 18.4 Å². The minimum Gasteiger partial charge on any atom is -0.289 e. The number of hydrogen-bond acceptors (Lipinski definition) is 2. The predicted molar refractivity (Wildman–Crippen MR) is 61.9 cm³/mol. The van der Waals surface area contributed by atoms with Crippen LogP contribution < -0.4 is 0 Å². The third kappa shape index (κ3) is 3.88. The third-order valence-corrected chi connectivity index (χ3v) is 2.67. The summed E-state index contributed by atoms with van der Waals surface area (Å²) in [5, 5.41) is 3.81. The first-order valence-electron chi connectivity index (χ1n) is 4.93.